The Hall–Kier alpha value is -5.00. The van der Waals surface area contributed by atoms with E-state index in [4.69, 9.17) is 26.7 Å². The van der Waals surface area contributed by atoms with E-state index in [1.54, 1.807) is 66.7 Å². The van der Waals surface area contributed by atoms with Crippen LogP contribution in [-0.2, 0) is 20.2 Å². The van der Waals surface area contributed by atoms with Crippen molar-refractivity contribution in [1.82, 2.24) is 0 Å². The van der Waals surface area contributed by atoms with Gasteiger partial charge in [0.15, 0.2) is 0 Å². The number of nitrogens with two attached hydrogens (primary N) is 3. The predicted octanol–water partition coefficient (Wildman–Crippen LogP) is 1.75. The van der Waals surface area contributed by atoms with Gasteiger partial charge in [-0.05, 0) is 83.2 Å². The normalized spacial score (nSPS) is 11.9. The molecule has 6 aromatic carbocycles. The number of ether oxygens (including phenoxy) is 2. The Labute approximate surface area is 376 Å². The van der Waals surface area contributed by atoms with Crippen LogP contribution in [-0.4, -0.2) is 40.2 Å². The number of benzene rings is 6. The van der Waals surface area contributed by atoms with Gasteiger partial charge in [-0.15, -0.1) is 25.6 Å². The summed E-state index contributed by atoms with van der Waals surface area (Å²) in [5, 5.41) is 37.0. The van der Waals surface area contributed by atoms with Gasteiger partial charge < -0.3 is 36.3 Å². The van der Waals surface area contributed by atoms with Crippen molar-refractivity contribution in [2.75, 3.05) is 31.4 Å². The number of hydrogen-bond acceptors (Lipinski definition) is 17. The molecule has 0 bridgehead atoms. The van der Waals surface area contributed by atoms with Crippen molar-refractivity contribution in [2.45, 2.75) is 9.79 Å². The standard InChI is InChI=1S/C36H31N9O9S2.2Na/c1-53-28-14-19(8-11-26(28)42-41-25-13-10-22(37)18-24(25)38)20-9-12-27(29(15-20)54-2)43-44-34-30(55(47,48)49)16-21-17-31(56(50,51)52)35(36(46)32(21)33(34)39)45-40-23-6-4-3-5-7-23;;/h3-18,46H,37-39H2,1-2H3,(H,47,48,49)(H,50,51,52);;/q;2*+1/p-2. The molecule has 0 amide bonds. The van der Waals surface area contributed by atoms with Crippen LogP contribution in [0.3, 0.4) is 0 Å². The molecule has 0 atom stereocenters. The number of anilines is 3. The van der Waals surface area contributed by atoms with E-state index in [2.05, 4.69) is 30.7 Å². The Balaban J connectivity index is 0.00000372. The largest absolute Gasteiger partial charge is 1.00 e. The molecule has 6 aromatic rings. The Kier molecular flexibility index (Phi) is 14.7. The van der Waals surface area contributed by atoms with Gasteiger partial charge in [0.25, 0.3) is 10.1 Å². The molecule has 18 nitrogen and oxygen atoms in total. The van der Waals surface area contributed by atoms with E-state index in [0.717, 1.165) is 6.07 Å². The van der Waals surface area contributed by atoms with E-state index in [1.165, 1.54) is 32.4 Å². The molecule has 0 radical (unpaired) electrons. The molecule has 0 fully saturated rings. The molecule has 0 saturated heterocycles. The first kappa shape index (κ1) is 45.7. The summed E-state index contributed by atoms with van der Waals surface area (Å²) in [4.78, 5) is -2.02. The van der Waals surface area contributed by atoms with Crippen LogP contribution in [0.25, 0.3) is 21.9 Å². The molecule has 7 N–H and O–H groups in total. The zero-order valence-corrected chi connectivity index (χ0v) is 36.8. The van der Waals surface area contributed by atoms with Crippen LogP contribution >= 0.6 is 0 Å². The van der Waals surface area contributed by atoms with E-state index < -0.39 is 63.6 Å². The zero-order chi connectivity index (χ0) is 40.4. The van der Waals surface area contributed by atoms with Gasteiger partial charge in [0.2, 0.25) is 0 Å². The first-order valence-electron chi connectivity index (χ1n) is 15.9. The maximum atomic E-state index is 13.7. The smallest absolute Gasteiger partial charge is 0.870 e. The van der Waals surface area contributed by atoms with Gasteiger partial charge in [-0.25, -0.2) is 8.42 Å². The summed E-state index contributed by atoms with van der Waals surface area (Å²) in [6, 6.07) is 24.1. The Bertz CT molecular complexity index is 2850. The summed E-state index contributed by atoms with van der Waals surface area (Å²) in [7, 11) is -7.68. The molecule has 6 rings (SSSR count). The van der Waals surface area contributed by atoms with E-state index >= 15 is 0 Å². The molecule has 0 aliphatic rings. The second kappa shape index (κ2) is 18.7. The summed E-state index contributed by atoms with van der Waals surface area (Å²) in [5.41, 5.74) is 19.1. The van der Waals surface area contributed by atoms with E-state index in [-0.39, 0.29) is 76.2 Å². The van der Waals surface area contributed by atoms with E-state index in [9.17, 15) is 31.0 Å². The van der Waals surface area contributed by atoms with Crippen LogP contribution in [0.4, 0.5) is 51.2 Å². The zero-order valence-electron chi connectivity index (χ0n) is 31.2. The third-order valence-electron chi connectivity index (χ3n) is 8.13. The van der Waals surface area contributed by atoms with Gasteiger partial charge in [0.1, 0.15) is 49.3 Å². The molecular weight excluding hydrogens is 813 g/mol. The van der Waals surface area contributed by atoms with Crippen LogP contribution in [0.5, 0.6) is 17.2 Å². The average Bonchev–Trinajstić information content (AvgIpc) is 3.16. The SMILES string of the molecule is COc1cc(-c2ccc(N=Nc3c(S(=O)(=O)[O-])cc4cc(S(=O)(=O)O)c(N=Nc5ccccc5)c([O-])c4c3N)c(OC)c2)ccc1N=Nc1ccc(N)cc1N.[Na+].[Na+]. The van der Waals surface area contributed by atoms with Gasteiger partial charge in [0.05, 0.1) is 41.9 Å². The second-order valence-electron chi connectivity index (χ2n) is 11.7. The van der Waals surface area contributed by atoms with Crippen molar-refractivity contribution in [3.63, 3.8) is 0 Å². The molecule has 286 valence electrons. The number of fused-ring (bicyclic) bond motifs is 1. The molecule has 0 aliphatic carbocycles. The van der Waals surface area contributed by atoms with Crippen LogP contribution < -0.4 is 90.9 Å². The maximum Gasteiger partial charge on any atom is 1.00 e. The van der Waals surface area contributed by atoms with Crippen molar-refractivity contribution in [2.24, 2.45) is 30.7 Å². The number of rotatable bonds is 11. The van der Waals surface area contributed by atoms with Gasteiger partial charge in [-0.3, -0.25) is 4.55 Å². The Morgan fingerprint density at radius 1 is 0.621 bits per heavy atom. The Morgan fingerprint density at radius 3 is 1.67 bits per heavy atom. The van der Waals surface area contributed by atoms with E-state index in [1.807, 2.05) is 0 Å². The molecule has 0 aromatic heterocycles. The number of azo groups is 3. The molecular formula is C36H29N9Na2O9S2. The molecule has 58 heavy (non-hydrogen) atoms. The summed E-state index contributed by atoms with van der Waals surface area (Å²) in [5.74, 6) is -0.616. The fourth-order valence-electron chi connectivity index (χ4n) is 5.44. The maximum absolute atomic E-state index is 13.7. The monoisotopic (exact) mass is 841 g/mol. The van der Waals surface area contributed by atoms with Gasteiger partial charge in [0, 0.05) is 11.1 Å². The minimum absolute atomic E-state index is 0. The summed E-state index contributed by atoms with van der Waals surface area (Å²) in [6.07, 6.45) is 0. The van der Waals surface area contributed by atoms with Gasteiger partial charge in [-0.1, -0.05) is 36.1 Å². The van der Waals surface area contributed by atoms with E-state index in [0.29, 0.717) is 45.7 Å². The Morgan fingerprint density at radius 2 is 1.14 bits per heavy atom. The number of methoxy groups -OCH3 is 2. The third-order valence-corrected chi connectivity index (χ3v) is 9.85. The van der Waals surface area contributed by atoms with Gasteiger partial charge >= 0.3 is 59.1 Å². The molecule has 0 aliphatic heterocycles. The third kappa shape index (κ3) is 9.99. The first-order chi connectivity index (χ1) is 26.6. The fraction of sp³-hybridized carbons (Fsp3) is 0.0556. The molecule has 22 heteroatoms. The number of hydrogen-bond donors (Lipinski definition) is 4. The molecule has 0 saturated carbocycles. The first-order valence-corrected chi connectivity index (χ1v) is 18.8. The molecule has 0 unspecified atom stereocenters. The fourth-order valence-corrected chi connectivity index (χ4v) is 6.75. The van der Waals surface area contributed by atoms with Crippen molar-refractivity contribution in [3.05, 3.63) is 97.1 Å². The van der Waals surface area contributed by atoms with Crippen LogP contribution in [0, 0.1) is 0 Å². The van der Waals surface area contributed by atoms with Crippen LogP contribution in [0.15, 0.2) is 138 Å². The summed E-state index contributed by atoms with van der Waals surface area (Å²) < 4.78 is 82.9. The number of nitrogens with zero attached hydrogens (tertiary/aromatic N) is 6. The van der Waals surface area contributed by atoms with Crippen molar-refractivity contribution in [3.8, 4) is 28.4 Å². The molecule has 0 heterocycles. The van der Waals surface area contributed by atoms with Gasteiger partial charge in [-0.2, -0.15) is 13.5 Å². The summed E-state index contributed by atoms with van der Waals surface area (Å²) >= 11 is 0. The second-order valence-corrected chi connectivity index (χ2v) is 14.5. The summed E-state index contributed by atoms with van der Waals surface area (Å²) in [6.45, 7) is 0. The molecule has 0 spiro atoms. The minimum atomic E-state index is -5.37. The quantitative estimate of drug-likeness (QED) is 0.0628. The number of nitrogen functional groups attached to an aromatic ring is 3. The van der Waals surface area contributed by atoms with Crippen molar-refractivity contribution >= 4 is 82.2 Å². The van der Waals surface area contributed by atoms with Crippen molar-refractivity contribution < 1.29 is 99.6 Å². The van der Waals surface area contributed by atoms with Crippen LogP contribution in [0.2, 0.25) is 0 Å². The topological polar surface area (TPSA) is 305 Å². The van der Waals surface area contributed by atoms with Crippen LogP contribution in [0.1, 0.15) is 0 Å². The predicted molar refractivity (Wildman–Crippen MR) is 205 cm³/mol. The van der Waals surface area contributed by atoms with Crippen molar-refractivity contribution in [1.29, 1.82) is 0 Å². The minimum Gasteiger partial charge on any atom is -0.870 e. The average molecular weight is 842 g/mol.